The lowest BCUT2D eigenvalue weighted by Crippen LogP contribution is -2.12. The first-order chi connectivity index (χ1) is 11.5. The van der Waals surface area contributed by atoms with E-state index in [0.29, 0.717) is 23.4 Å². The number of carbonyl (C=O) groups is 2. The van der Waals surface area contributed by atoms with Crippen molar-refractivity contribution in [2.45, 2.75) is 13.3 Å². The molecule has 0 aliphatic carbocycles. The number of anilines is 2. The SMILES string of the molecule is CCC(=O)Nc1cccc(NC(=O)c2cc3cc(Br)ccc3o2)c1. The lowest BCUT2D eigenvalue weighted by Gasteiger charge is -2.07. The number of furan rings is 1. The van der Waals surface area contributed by atoms with E-state index in [1.165, 1.54) is 0 Å². The summed E-state index contributed by atoms with van der Waals surface area (Å²) < 4.78 is 6.49. The third-order valence-electron chi connectivity index (χ3n) is 3.43. The Labute approximate surface area is 147 Å². The quantitative estimate of drug-likeness (QED) is 0.676. The molecular formula is C18H15BrN2O3. The van der Waals surface area contributed by atoms with Crippen LogP contribution in [0.5, 0.6) is 0 Å². The molecule has 0 saturated carbocycles. The Morgan fingerprint density at radius 3 is 2.54 bits per heavy atom. The molecule has 0 unspecified atom stereocenters. The molecule has 3 rings (SSSR count). The minimum Gasteiger partial charge on any atom is -0.451 e. The van der Waals surface area contributed by atoms with E-state index in [0.717, 1.165) is 9.86 Å². The number of fused-ring (bicyclic) bond motifs is 1. The van der Waals surface area contributed by atoms with Gasteiger partial charge >= 0.3 is 0 Å². The zero-order chi connectivity index (χ0) is 17.1. The summed E-state index contributed by atoms with van der Waals surface area (Å²) in [6.07, 6.45) is 0.394. The van der Waals surface area contributed by atoms with Crippen molar-refractivity contribution >= 4 is 50.1 Å². The number of rotatable bonds is 4. The van der Waals surface area contributed by atoms with Gasteiger partial charge in [0.2, 0.25) is 5.91 Å². The standard InChI is InChI=1S/C18H15BrN2O3/c1-2-17(22)20-13-4-3-5-14(10-13)21-18(23)16-9-11-8-12(19)6-7-15(11)24-16/h3-10H,2H2,1H3,(H,20,22)(H,21,23). The predicted molar refractivity (Wildman–Crippen MR) is 97.2 cm³/mol. The molecule has 0 aliphatic rings. The van der Waals surface area contributed by atoms with Crippen molar-refractivity contribution in [2.24, 2.45) is 0 Å². The topological polar surface area (TPSA) is 71.3 Å². The number of hydrogen-bond donors (Lipinski definition) is 2. The van der Waals surface area contributed by atoms with Gasteiger partial charge in [0.25, 0.3) is 5.91 Å². The largest absolute Gasteiger partial charge is 0.451 e. The number of nitrogens with one attached hydrogen (secondary N) is 2. The lowest BCUT2D eigenvalue weighted by molar-refractivity contribution is -0.115. The van der Waals surface area contributed by atoms with Gasteiger partial charge in [-0.2, -0.15) is 0 Å². The van der Waals surface area contributed by atoms with Gasteiger partial charge in [-0.3, -0.25) is 9.59 Å². The number of amides is 2. The highest BCUT2D eigenvalue weighted by molar-refractivity contribution is 9.10. The molecule has 2 amide bonds. The van der Waals surface area contributed by atoms with Crippen molar-refractivity contribution in [1.82, 2.24) is 0 Å². The van der Waals surface area contributed by atoms with E-state index in [-0.39, 0.29) is 17.6 Å². The van der Waals surface area contributed by atoms with Crippen molar-refractivity contribution in [3.8, 4) is 0 Å². The van der Waals surface area contributed by atoms with Crippen LogP contribution in [0, 0.1) is 0 Å². The third-order valence-corrected chi connectivity index (χ3v) is 3.92. The second kappa shape index (κ2) is 6.88. The first kappa shape index (κ1) is 16.3. The maximum atomic E-state index is 12.4. The van der Waals surface area contributed by atoms with Crippen LogP contribution in [-0.4, -0.2) is 11.8 Å². The molecule has 0 atom stereocenters. The van der Waals surface area contributed by atoms with Gasteiger partial charge in [0, 0.05) is 27.7 Å². The van der Waals surface area contributed by atoms with Crippen molar-refractivity contribution in [3.05, 3.63) is 58.8 Å². The summed E-state index contributed by atoms with van der Waals surface area (Å²) in [4.78, 5) is 23.8. The predicted octanol–water partition coefficient (Wildman–Crippen LogP) is 4.80. The normalized spacial score (nSPS) is 10.6. The van der Waals surface area contributed by atoms with E-state index in [2.05, 4.69) is 26.6 Å². The smallest absolute Gasteiger partial charge is 0.291 e. The summed E-state index contributed by atoms with van der Waals surface area (Å²) in [5, 5.41) is 6.37. The average Bonchev–Trinajstić information content (AvgIpc) is 2.98. The maximum absolute atomic E-state index is 12.4. The molecule has 0 fully saturated rings. The summed E-state index contributed by atoms with van der Waals surface area (Å²) in [6, 6.07) is 14.2. The van der Waals surface area contributed by atoms with Gasteiger partial charge in [0.1, 0.15) is 5.58 Å². The van der Waals surface area contributed by atoms with E-state index in [4.69, 9.17) is 4.42 Å². The fourth-order valence-corrected chi connectivity index (χ4v) is 2.62. The molecule has 2 N–H and O–H groups in total. The number of benzene rings is 2. The third kappa shape index (κ3) is 3.65. The Kier molecular flexibility index (Phi) is 4.66. The second-order valence-corrected chi connectivity index (χ2v) is 6.15. The van der Waals surface area contributed by atoms with Crippen LogP contribution in [0.1, 0.15) is 23.9 Å². The summed E-state index contributed by atoms with van der Waals surface area (Å²) in [6.45, 7) is 1.78. The van der Waals surface area contributed by atoms with Crippen LogP contribution in [-0.2, 0) is 4.79 Å². The molecule has 0 spiro atoms. The minimum atomic E-state index is -0.346. The first-order valence-electron chi connectivity index (χ1n) is 7.45. The van der Waals surface area contributed by atoms with E-state index in [1.807, 2.05) is 12.1 Å². The van der Waals surface area contributed by atoms with E-state index in [1.54, 1.807) is 43.3 Å². The van der Waals surface area contributed by atoms with Crippen LogP contribution in [0.4, 0.5) is 11.4 Å². The van der Waals surface area contributed by atoms with Crippen LogP contribution in [0.3, 0.4) is 0 Å². The summed E-state index contributed by atoms with van der Waals surface area (Å²) in [5.74, 6) is -0.200. The Balaban J connectivity index is 1.78. The molecule has 0 radical (unpaired) electrons. The molecule has 0 aliphatic heterocycles. The van der Waals surface area contributed by atoms with E-state index >= 15 is 0 Å². The highest BCUT2D eigenvalue weighted by atomic mass is 79.9. The highest BCUT2D eigenvalue weighted by Crippen LogP contribution is 2.24. The minimum absolute atomic E-state index is 0.0821. The average molecular weight is 387 g/mol. The monoisotopic (exact) mass is 386 g/mol. The van der Waals surface area contributed by atoms with Crippen LogP contribution in [0.2, 0.25) is 0 Å². The van der Waals surface area contributed by atoms with Gasteiger partial charge in [-0.15, -0.1) is 0 Å². The van der Waals surface area contributed by atoms with Crippen molar-refractivity contribution in [1.29, 1.82) is 0 Å². The van der Waals surface area contributed by atoms with Crippen LogP contribution >= 0.6 is 15.9 Å². The van der Waals surface area contributed by atoms with Gasteiger partial charge in [0.15, 0.2) is 5.76 Å². The number of hydrogen-bond acceptors (Lipinski definition) is 3. The highest BCUT2D eigenvalue weighted by Gasteiger charge is 2.13. The Morgan fingerprint density at radius 1 is 1.04 bits per heavy atom. The van der Waals surface area contributed by atoms with Gasteiger partial charge in [-0.1, -0.05) is 28.9 Å². The number of carbonyl (C=O) groups excluding carboxylic acids is 2. The first-order valence-corrected chi connectivity index (χ1v) is 8.25. The molecule has 122 valence electrons. The second-order valence-electron chi connectivity index (χ2n) is 5.23. The molecule has 24 heavy (non-hydrogen) atoms. The molecule has 3 aromatic rings. The fourth-order valence-electron chi connectivity index (χ4n) is 2.24. The van der Waals surface area contributed by atoms with E-state index in [9.17, 15) is 9.59 Å². The molecule has 2 aromatic carbocycles. The van der Waals surface area contributed by atoms with E-state index < -0.39 is 0 Å². The molecule has 0 saturated heterocycles. The van der Waals surface area contributed by atoms with Gasteiger partial charge in [-0.25, -0.2) is 0 Å². The maximum Gasteiger partial charge on any atom is 0.291 e. The van der Waals surface area contributed by atoms with Crippen molar-refractivity contribution < 1.29 is 14.0 Å². The van der Waals surface area contributed by atoms with Gasteiger partial charge in [-0.05, 0) is 42.5 Å². The molecule has 0 bridgehead atoms. The van der Waals surface area contributed by atoms with Crippen molar-refractivity contribution in [2.75, 3.05) is 10.6 Å². The zero-order valence-electron chi connectivity index (χ0n) is 12.9. The van der Waals surface area contributed by atoms with Crippen molar-refractivity contribution in [3.63, 3.8) is 0 Å². The lowest BCUT2D eigenvalue weighted by atomic mass is 10.2. The van der Waals surface area contributed by atoms with Gasteiger partial charge < -0.3 is 15.1 Å². The summed E-state index contributed by atoms with van der Waals surface area (Å²) in [5.41, 5.74) is 1.86. The van der Waals surface area contributed by atoms with Crippen LogP contribution in [0.25, 0.3) is 11.0 Å². The Hall–Kier alpha value is -2.60. The van der Waals surface area contributed by atoms with Crippen LogP contribution < -0.4 is 10.6 Å². The molecule has 6 heteroatoms. The summed E-state index contributed by atoms with van der Waals surface area (Å²) >= 11 is 3.39. The Morgan fingerprint density at radius 2 is 1.79 bits per heavy atom. The molecular weight excluding hydrogens is 372 g/mol. The number of halogens is 1. The molecule has 1 heterocycles. The Bertz CT molecular complexity index is 918. The van der Waals surface area contributed by atoms with Gasteiger partial charge in [0.05, 0.1) is 0 Å². The fraction of sp³-hybridized carbons (Fsp3) is 0.111. The molecule has 5 nitrogen and oxygen atoms in total. The summed E-state index contributed by atoms with van der Waals surface area (Å²) in [7, 11) is 0. The van der Waals surface area contributed by atoms with Crippen LogP contribution in [0.15, 0.2) is 57.4 Å². The zero-order valence-corrected chi connectivity index (χ0v) is 14.5. The molecule has 1 aromatic heterocycles.